The molecule has 1 aromatic rings. The summed E-state index contributed by atoms with van der Waals surface area (Å²) in [5.41, 5.74) is 0.941. The van der Waals surface area contributed by atoms with E-state index in [9.17, 15) is 5.11 Å². The molecule has 1 fully saturated rings. The van der Waals surface area contributed by atoms with Gasteiger partial charge in [0, 0.05) is 25.2 Å². The molecule has 15 heavy (non-hydrogen) atoms. The van der Waals surface area contributed by atoms with Crippen molar-refractivity contribution in [2.24, 2.45) is 0 Å². The predicted molar refractivity (Wildman–Crippen MR) is 64.7 cm³/mol. The Morgan fingerprint density at radius 1 is 1.47 bits per heavy atom. The molecule has 0 radical (unpaired) electrons. The van der Waals surface area contributed by atoms with Crippen molar-refractivity contribution < 1.29 is 9.84 Å². The van der Waals surface area contributed by atoms with E-state index in [2.05, 4.69) is 32.5 Å². The third-order valence-electron chi connectivity index (χ3n) is 2.43. The van der Waals surface area contributed by atoms with Crippen molar-refractivity contribution >= 4 is 22.6 Å². The predicted octanol–water partition coefficient (Wildman–Crippen LogP) is 1.22. The molecule has 2 rings (SSSR count). The van der Waals surface area contributed by atoms with Gasteiger partial charge in [0.05, 0.1) is 19.4 Å². The number of morpholine rings is 1. The molecule has 0 saturated carbocycles. The zero-order valence-corrected chi connectivity index (χ0v) is 10.5. The topological polar surface area (TPSA) is 45.6 Å². The Kier molecular flexibility index (Phi) is 3.76. The maximum absolute atomic E-state index is 9.64. The molecular weight excluding hydrogens is 307 g/mol. The highest BCUT2D eigenvalue weighted by molar-refractivity contribution is 14.1. The lowest BCUT2D eigenvalue weighted by Gasteiger charge is -2.26. The number of halogens is 1. The van der Waals surface area contributed by atoms with Gasteiger partial charge < -0.3 is 9.84 Å². The van der Waals surface area contributed by atoms with E-state index < -0.39 is 0 Å². The van der Waals surface area contributed by atoms with Gasteiger partial charge in [0.2, 0.25) is 0 Å². The van der Waals surface area contributed by atoms with E-state index in [0.29, 0.717) is 0 Å². The molecule has 0 atom stereocenters. The summed E-state index contributed by atoms with van der Waals surface area (Å²) < 4.78 is 6.18. The standard InChI is InChI=1S/C10H13IN2O2/c11-10-5-8(9(14)6-12-10)7-13-1-3-15-4-2-13/h5-6,14H,1-4,7H2. The third kappa shape index (κ3) is 3.02. The second kappa shape index (κ2) is 5.09. The Morgan fingerprint density at radius 3 is 2.93 bits per heavy atom. The van der Waals surface area contributed by atoms with E-state index in [1.807, 2.05) is 6.07 Å². The Hall–Kier alpha value is -0.400. The molecule has 2 heterocycles. The second-order valence-electron chi connectivity index (χ2n) is 3.52. The molecule has 82 valence electrons. The van der Waals surface area contributed by atoms with Crippen molar-refractivity contribution in [2.75, 3.05) is 26.3 Å². The van der Waals surface area contributed by atoms with Crippen LogP contribution in [0.5, 0.6) is 5.75 Å². The number of aromatic nitrogens is 1. The number of ether oxygens (including phenoxy) is 1. The molecule has 0 aliphatic carbocycles. The van der Waals surface area contributed by atoms with Crippen molar-refractivity contribution in [3.05, 3.63) is 21.5 Å². The van der Waals surface area contributed by atoms with Crippen molar-refractivity contribution in [1.82, 2.24) is 9.88 Å². The Morgan fingerprint density at radius 2 is 2.20 bits per heavy atom. The van der Waals surface area contributed by atoms with Crippen LogP contribution in [0.3, 0.4) is 0 Å². The summed E-state index contributed by atoms with van der Waals surface area (Å²) in [5.74, 6) is 0.280. The van der Waals surface area contributed by atoms with Crippen molar-refractivity contribution in [2.45, 2.75) is 6.54 Å². The summed E-state index contributed by atoms with van der Waals surface area (Å²) in [7, 11) is 0. The largest absolute Gasteiger partial charge is 0.506 e. The van der Waals surface area contributed by atoms with Crippen LogP contribution >= 0.6 is 22.6 Å². The molecule has 5 heteroatoms. The summed E-state index contributed by atoms with van der Waals surface area (Å²) in [6.07, 6.45) is 1.51. The van der Waals surface area contributed by atoms with Gasteiger partial charge in [0.15, 0.2) is 0 Å². The fourth-order valence-electron chi connectivity index (χ4n) is 1.59. The summed E-state index contributed by atoms with van der Waals surface area (Å²) in [5, 5.41) is 9.64. The van der Waals surface area contributed by atoms with Gasteiger partial charge in [0.25, 0.3) is 0 Å². The van der Waals surface area contributed by atoms with Crippen molar-refractivity contribution in [1.29, 1.82) is 0 Å². The maximum Gasteiger partial charge on any atom is 0.138 e. The Balaban J connectivity index is 2.05. The number of rotatable bonds is 2. The maximum atomic E-state index is 9.64. The van der Waals surface area contributed by atoms with E-state index in [1.165, 1.54) is 6.20 Å². The number of nitrogens with zero attached hydrogens (tertiary/aromatic N) is 2. The van der Waals surface area contributed by atoms with Gasteiger partial charge in [-0.05, 0) is 28.7 Å². The molecule has 0 aromatic carbocycles. The number of aromatic hydroxyl groups is 1. The fourth-order valence-corrected chi connectivity index (χ4v) is 2.10. The van der Waals surface area contributed by atoms with Crippen LogP contribution in [0.15, 0.2) is 12.3 Å². The quantitative estimate of drug-likeness (QED) is 0.658. The number of hydrogen-bond acceptors (Lipinski definition) is 4. The van der Waals surface area contributed by atoms with Gasteiger partial charge in [-0.15, -0.1) is 0 Å². The SMILES string of the molecule is Oc1cnc(I)cc1CN1CCOCC1. The van der Waals surface area contributed by atoms with Gasteiger partial charge in [0.1, 0.15) is 9.45 Å². The smallest absolute Gasteiger partial charge is 0.138 e. The van der Waals surface area contributed by atoms with E-state index in [4.69, 9.17) is 4.74 Å². The molecule has 0 bridgehead atoms. The van der Waals surface area contributed by atoms with Crippen LogP contribution in [0, 0.1) is 3.70 Å². The van der Waals surface area contributed by atoms with Gasteiger partial charge in [-0.25, -0.2) is 4.98 Å². The highest BCUT2D eigenvalue weighted by Crippen LogP contribution is 2.19. The first-order valence-corrected chi connectivity index (χ1v) is 5.97. The summed E-state index contributed by atoms with van der Waals surface area (Å²) >= 11 is 2.15. The van der Waals surface area contributed by atoms with Crippen LogP contribution in [0.1, 0.15) is 5.56 Å². The zero-order chi connectivity index (χ0) is 10.7. The minimum Gasteiger partial charge on any atom is -0.506 e. The van der Waals surface area contributed by atoms with Crippen LogP contribution in [-0.4, -0.2) is 41.3 Å². The Bertz CT molecular complexity index is 340. The number of hydrogen-bond donors (Lipinski definition) is 1. The lowest BCUT2D eigenvalue weighted by molar-refractivity contribution is 0.0338. The van der Waals surface area contributed by atoms with Gasteiger partial charge in [-0.3, -0.25) is 4.90 Å². The first-order chi connectivity index (χ1) is 7.25. The van der Waals surface area contributed by atoms with Crippen LogP contribution < -0.4 is 0 Å². The first kappa shape index (κ1) is 11.1. The van der Waals surface area contributed by atoms with Crippen LogP contribution in [0.4, 0.5) is 0 Å². The van der Waals surface area contributed by atoms with Gasteiger partial charge >= 0.3 is 0 Å². The minimum atomic E-state index is 0.280. The molecule has 1 aliphatic heterocycles. The van der Waals surface area contributed by atoms with Crippen LogP contribution in [0.2, 0.25) is 0 Å². The van der Waals surface area contributed by atoms with E-state index >= 15 is 0 Å². The van der Waals surface area contributed by atoms with E-state index in [0.717, 1.165) is 42.1 Å². The van der Waals surface area contributed by atoms with Crippen LogP contribution in [0.25, 0.3) is 0 Å². The monoisotopic (exact) mass is 320 g/mol. The van der Waals surface area contributed by atoms with Crippen molar-refractivity contribution in [3.8, 4) is 5.75 Å². The Labute approximate surface area is 102 Å². The summed E-state index contributed by atoms with van der Waals surface area (Å²) in [6, 6.07) is 1.92. The van der Waals surface area contributed by atoms with E-state index in [1.54, 1.807) is 0 Å². The second-order valence-corrected chi connectivity index (χ2v) is 4.63. The molecule has 0 spiro atoms. The molecule has 0 unspecified atom stereocenters. The third-order valence-corrected chi connectivity index (χ3v) is 3.02. The molecular formula is C10H13IN2O2. The zero-order valence-electron chi connectivity index (χ0n) is 8.32. The highest BCUT2D eigenvalue weighted by atomic mass is 127. The first-order valence-electron chi connectivity index (χ1n) is 4.89. The molecule has 1 N–H and O–H groups in total. The van der Waals surface area contributed by atoms with Gasteiger partial charge in [-0.2, -0.15) is 0 Å². The fraction of sp³-hybridized carbons (Fsp3) is 0.500. The van der Waals surface area contributed by atoms with Gasteiger partial charge in [-0.1, -0.05) is 0 Å². The van der Waals surface area contributed by atoms with Crippen molar-refractivity contribution in [3.63, 3.8) is 0 Å². The molecule has 1 aliphatic rings. The summed E-state index contributed by atoms with van der Waals surface area (Å²) in [4.78, 5) is 6.30. The number of pyridine rings is 1. The van der Waals surface area contributed by atoms with Crippen LogP contribution in [-0.2, 0) is 11.3 Å². The highest BCUT2D eigenvalue weighted by Gasteiger charge is 2.13. The molecule has 1 saturated heterocycles. The minimum absolute atomic E-state index is 0.280. The van der Waals surface area contributed by atoms with E-state index in [-0.39, 0.29) is 5.75 Å². The summed E-state index contributed by atoms with van der Waals surface area (Å²) in [6.45, 7) is 4.19. The average Bonchev–Trinajstić information content (AvgIpc) is 2.25. The average molecular weight is 320 g/mol. The molecule has 1 aromatic heterocycles. The lowest BCUT2D eigenvalue weighted by atomic mass is 10.2. The molecule has 4 nitrogen and oxygen atoms in total. The normalized spacial score (nSPS) is 17.9. The lowest BCUT2D eigenvalue weighted by Crippen LogP contribution is -2.35. The molecule has 0 amide bonds.